The summed E-state index contributed by atoms with van der Waals surface area (Å²) in [5.74, 6) is -0.245. The Balaban J connectivity index is 4.16. The van der Waals surface area contributed by atoms with Crippen LogP contribution in [0.3, 0.4) is 0 Å². The quantitative estimate of drug-likeness (QED) is 0.451. The molecule has 0 spiro atoms. The molecule has 0 bridgehead atoms. The van der Waals surface area contributed by atoms with E-state index in [-0.39, 0.29) is 5.83 Å². The van der Waals surface area contributed by atoms with Gasteiger partial charge in [0.1, 0.15) is 5.83 Å². The van der Waals surface area contributed by atoms with Gasteiger partial charge in [-0.3, -0.25) is 4.99 Å². The van der Waals surface area contributed by atoms with Crippen LogP contribution in [0.25, 0.3) is 0 Å². The van der Waals surface area contributed by atoms with E-state index in [9.17, 15) is 4.39 Å². The van der Waals surface area contributed by atoms with E-state index < -0.39 is 0 Å². The van der Waals surface area contributed by atoms with Crippen LogP contribution in [-0.2, 0) is 0 Å². The molecule has 0 N–H and O–H groups in total. The maximum atomic E-state index is 12.5. The van der Waals surface area contributed by atoms with Gasteiger partial charge in [0.15, 0.2) is 0 Å². The van der Waals surface area contributed by atoms with Gasteiger partial charge in [0.2, 0.25) is 0 Å². The minimum atomic E-state index is -0.245. The summed E-state index contributed by atoms with van der Waals surface area (Å²) in [5, 5.41) is 0. The molecule has 0 heterocycles. The molecule has 0 atom stereocenters. The van der Waals surface area contributed by atoms with Crippen molar-refractivity contribution in [2.45, 2.75) is 20.8 Å². The highest BCUT2D eigenvalue weighted by atomic mass is 19.1. The highest BCUT2D eigenvalue weighted by Gasteiger charge is 1.83. The first-order valence-corrected chi connectivity index (χ1v) is 3.86. The van der Waals surface area contributed by atoms with Gasteiger partial charge in [0.25, 0.3) is 0 Å². The van der Waals surface area contributed by atoms with Gasteiger partial charge in [0, 0.05) is 11.9 Å². The van der Waals surface area contributed by atoms with Gasteiger partial charge < -0.3 is 0 Å². The highest BCUT2D eigenvalue weighted by Crippen LogP contribution is 1.97. The maximum Gasteiger partial charge on any atom is 0.119 e. The molecule has 12 heavy (non-hydrogen) atoms. The Morgan fingerprint density at radius 1 is 1.25 bits per heavy atom. The largest absolute Gasteiger partial charge is 0.262 e. The summed E-state index contributed by atoms with van der Waals surface area (Å²) in [6.07, 6.45) is 7.92. The second-order valence-electron chi connectivity index (χ2n) is 2.26. The van der Waals surface area contributed by atoms with Crippen LogP contribution in [-0.4, -0.2) is 5.71 Å². The minimum Gasteiger partial charge on any atom is -0.262 e. The number of rotatable bonds is 3. The standard InChI is InChI=1S/C10H14FN/c1-4-8-12-9(3)6-7-10(11)5-2/h4-8H,1-3H3/b7-6-,8-4-,10-5+,12-9-. The third kappa shape index (κ3) is 5.59. The lowest BCUT2D eigenvalue weighted by molar-refractivity contribution is 0.665. The van der Waals surface area contributed by atoms with E-state index in [4.69, 9.17) is 0 Å². The number of nitrogens with zero attached hydrogens (tertiary/aromatic N) is 1. The van der Waals surface area contributed by atoms with E-state index in [1.807, 2.05) is 19.9 Å². The van der Waals surface area contributed by atoms with E-state index in [0.717, 1.165) is 5.71 Å². The molecule has 1 nitrogen and oxygen atoms in total. The van der Waals surface area contributed by atoms with Gasteiger partial charge in [-0.25, -0.2) is 4.39 Å². The second kappa shape index (κ2) is 6.53. The Bertz CT molecular complexity index is 234. The van der Waals surface area contributed by atoms with Crippen LogP contribution >= 0.6 is 0 Å². The molecular weight excluding hydrogens is 153 g/mol. The summed E-state index contributed by atoms with van der Waals surface area (Å²) in [6, 6.07) is 0. The molecule has 0 saturated carbocycles. The van der Waals surface area contributed by atoms with Crippen LogP contribution in [0.1, 0.15) is 20.8 Å². The summed E-state index contributed by atoms with van der Waals surface area (Å²) in [7, 11) is 0. The topological polar surface area (TPSA) is 12.4 Å². The summed E-state index contributed by atoms with van der Waals surface area (Å²) in [4.78, 5) is 4.00. The van der Waals surface area contributed by atoms with E-state index in [0.29, 0.717) is 0 Å². The lowest BCUT2D eigenvalue weighted by Crippen LogP contribution is -1.81. The molecule has 2 heteroatoms. The van der Waals surface area contributed by atoms with Crippen molar-refractivity contribution in [1.29, 1.82) is 0 Å². The Labute approximate surface area is 73.0 Å². The molecule has 0 aliphatic carbocycles. The van der Waals surface area contributed by atoms with Gasteiger partial charge in [0.05, 0.1) is 0 Å². The van der Waals surface area contributed by atoms with Gasteiger partial charge in [-0.05, 0) is 32.9 Å². The Morgan fingerprint density at radius 3 is 2.42 bits per heavy atom. The van der Waals surface area contributed by atoms with Crippen molar-refractivity contribution >= 4 is 5.71 Å². The fourth-order valence-corrected chi connectivity index (χ4v) is 0.532. The fourth-order valence-electron chi connectivity index (χ4n) is 0.532. The Kier molecular flexibility index (Phi) is 5.88. The van der Waals surface area contributed by atoms with Crippen LogP contribution in [0.15, 0.2) is 41.3 Å². The lowest BCUT2D eigenvalue weighted by Gasteiger charge is -1.86. The van der Waals surface area contributed by atoms with Gasteiger partial charge in [-0.2, -0.15) is 0 Å². The van der Waals surface area contributed by atoms with E-state index in [2.05, 4.69) is 4.99 Å². The number of aliphatic imine (C=N–C) groups is 1. The van der Waals surface area contributed by atoms with Crippen molar-refractivity contribution in [2.75, 3.05) is 0 Å². The first-order valence-electron chi connectivity index (χ1n) is 3.86. The van der Waals surface area contributed by atoms with E-state index >= 15 is 0 Å². The molecule has 0 aromatic carbocycles. The van der Waals surface area contributed by atoms with Crippen molar-refractivity contribution in [3.63, 3.8) is 0 Å². The zero-order valence-electron chi connectivity index (χ0n) is 7.71. The fraction of sp³-hybridized carbons (Fsp3) is 0.300. The van der Waals surface area contributed by atoms with Crippen LogP contribution in [0.2, 0.25) is 0 Å². The molecule has 0 fully saturated rings. The zero-order valence-corrected chi connectivity index (χ0v) is 7.71. The van der Waals surface area contributed by atoms with E-state index in [1.165, 1.54) is 12.2 Å². The number of hydrogen-bond donors (Lipinski definition) is 0. The smallest absolute Gasteiger partial charge is 0.119 e. The SMILES string of the molecule is C\C=C/N=C(C)\C=C/C(F)=C\C. The predicted molar refractivity (Wildman–Crippen MR) is 51.9 cm³/mol. The number of allylic oxidation sites excluding steroid dienone is 5. The molecule has 0 amide bonds. The normalized spacial score (nSPS) is 15.0. The van der Waals surface area contributed by atoms with Crippen LogP contribution in [0.4, 0.5) is 4.39 Å². The van der Waals surface area contributed by atoms with Crippen molar-refractivity contribution in [1.82, 2.24) is 0 Å². The van der Waals surface area contributed by atoms with E-state index in [1.54, 1.807) is 19.2 Å². The molecule has 66 valence electrons. The first-order chi connectivity index (χ1) is 5.70. The highest BCUT2D eigenvalue weighted by molar-refractivity contribution is 5.93. The van der Waals surface area contributed by atoms with Crippen molar-refractivity contribution in [3.05, 3.63) is 36.3 Å². The molecule has 0 rings (SSSR count). The molecular formula is C10H14FN. The molecule has 0 aliphatic heterocycles. The Morgan fingerprint density at radius 2 is 1.92 bits per heavy atom. The van der Waals surface area contributed by atoms with Crippen LogP contribution in [0.5, 0.6) is 0 Å². The summed E-state index contributed by atoms with van der Waals surface area (Å²) in [6.45, 7) is 5.35. The van der Waals surface area contributed by atoms with Gasteiger partial charge in [-0.1, -0.05) is 12.2 Å². The third-order valence-corrected chi connectivity index (χ3v) is 1.19. The van der Waals surface area contributed by atoms with Crippen molar-refractivity contribution < 1.29 is 4.39 Å². The Hall–Kier alpha value is -1.18. The summed E-state index contributed by atoms with van der Waals surface area (Å²) >= 11 is 0. The van der Waals surface area contributed by atoms with Crippen LogP contribution < -0.4 is 0 Å². The summed E-state index contributed by atoms with van der Waals surface area (Å²) < 4.78 is 12.5. The molecule has 0 aromatic rings. The van der Waals surface area contributed by atoms with Crippen molar-refractivity contribution in [3.8, 4) is 0 Å². The lowest BCUT2D eigenvalue weighted by atomic mass is 10.3. The van der Waals surface area contributed by atoms with Gasteiger partial charge >= 0.3 is 0 Å². The molecule has 0 saturated heterocycles. The average molecular weight is 167 g/mol. The molecule has 0 radical (unpaired) electrons. The minimum absolute atomic E-state index is 0.245. The summed E-state index contributed by atoms with van der Waals surface area (Å²) in [5.41, 5.74) is 0.783. The van der Waals surface area contributed by atoms with Crippen LogP contribution in [0, 0.1) is 0 Å². The monoisotopic (exact) mass is 167 g/mol. The van der Waals surface area contributed by atoms with Crippen molar-refractivity contribution in [2.24, 2.45) is 4.99 Å². The zero-order chi connectivity index (χ0) is 9.40. The maximum absolute atomic E-state index is 12.5. The average Bonchev–Trinajstić information content (AvgIpc) is 2.10. The molecule has 0 aromatic heterocycles. The predicted octanol–water partition coefficient (Wildman–Crippen LogP) is 3.41. The second-order valence-corrected chi connectivity index (χ2v) is 2.26. The van der Waals surface area contributed by atoms with Gasteiger partial charge in [-0.15, -0.1) is 0 Å². The molecule has 0 aliphatic rings. The molecule has 0 unspecified atom stereocenters. The third-order valence-electron chi connectivity index (χ3n) is 1.19. The number of halogens is 1. The first kappa shape index (κ1) is 10.8. The number of hydrogen-bond acceptors (Lipinski definition) is 1.